The van der Waals surface area contributed by atoms with E-state index < -0.39 is 0 Å². The minimum atomic E-state index is -0.128. The van der Waals surface area contributed by atoms with E-state index in [9.17, 15) is 4.79 Å². The Morgan fingerprint density at radius 2 is 2.25 bits per heavy atom. The van der Waals surface area contributed by atoms with Gasteiger partial charge in [0.15, 0.2) is 0 Å². The third-order valence-electron chi connectivity index (χ3n) is 2.29. The molecule has 0 fully saturated rings. The fourth-order valence-corrected chi connectivity index (χ4v) is 1.86. The van der Waals surface area contributed by atoms with Gasteiger partial charge in [-0.15, -0.1) is 0 Å². The summed E-state index contributed by atoms with van der Waals surface area (Å²) in [5.41, 5.74) is 1.16. The number of hydrogen-bond donors (Lipinski definition) is 0. The molecule has 0 spiro atoms. The van der Waals surface area contributed by atoms with Crippen LogP contribution in [0, 0.1) is 5.92 Å². The second-order valence-corrected chi connectivity index (χ2v) is 4.38. The van der Waals surface area contributed by atoms with E-state index >= 15 is 0 Å². The van der Waals surface area contributed by atoms with Crippen LogP contribution in [-0.2, 0) is 16.0 Å². The van der Waals surface area contributed by atoms with Gasteiger partial charge < -0.3 is 4.74 Å². The SMILES string of the molecule is CCOC(=O)CC(C)Cc1cccc(Cl)c1. The van der Waals surface area contributed by atoms with Crippen molar-refractivity contribution in [2.45, 2.75) is 26.7 Å². The van der Waals surface area contributed by atoms with Crippen LogP contribution in [0.15, 0.2) is 24.3 Å². The van der Waals surface area contributed by atoms with E-state index in [0.29, 0.717) is 13.0 Å². The third-order valence-corrected chi connectivity index (χ3v) is 2.53. The Bertz CT molecular complexity index is 350. The molecule has 0 saturated carbocycles. The fourth-order valence-electron chi connectivity index (χ4n) is 1.64. The monoisotopic (exact) mass is 240 g/mol. The first-order valence-corrected chi connectivity index (χ1v) is 5.89. The summed E-state index contributed by atoms with van der Waals surface area (Å²) in [4.78, 5) is 11.3. The summed E-state index contributed by atoms with van der Waals surface area (Å²) in [7, 11) is 0. The predicted octanol–water partition coefficient (Wildman–Crippen LogP) is 3.47. The Hall–Kier alpha value is -1.02. The van der Waals surface area contributed by atoms with Gasteiger partial charge in [0.1, 0.15) is 0 Å². The zero-order valence-electron chi connectivity index (χ0n) is 9.70. The molecule has 1 atom stereocenters. The van der Waals surface area contributed by atoms with Gasteiger partial charge in [0.2, 0.25) is 0 Å². The maximum absolute atomic E-state index is 11.3. The standard InChI is InChI=1S/C13H17ClO2/c1-3-16-13(15)8-10(2)7-11-5-4-6-12(14)9-11/h4-6,9-10H,3,7-8H2,1-2H3. The van der Waals surface area contributed by atoms with Gasteiger partial charge in [-0.05, 0) is 37.0 Å². The first-order valence-electron chi connectivity index (χ1n) is 5.52. The number of carbonyl (C=O) groups excluding carboxylic acids is 1. The zero-order valence-corrected chi connectivity index (χ0v) is 10.5. The van der Waals surface area contributed by atoms with E-state index in [4.69, 9.17) is 16.3 Å². The van der Waals surface area contributed by atoms with Gasteiger partial charge in [-0.1, -0.05) is 30.7 Å². The van der Waals surface area contributed by atoms with Gasteiger partial charge in [-0.25, -0.2) is 0 Å². The van der Waals surface area contributed by atoms with E-state index in [1.165, 1.54) is 0 Å². The molecule has 1 unspecified atom stereocenters. The van der Waals surface area contributed by atoms with Crippen molar-refractivity contribution in [2.24, 2.45) is 5.92 Å². The number of carbonyl (C=O) groups is 1. The molecule has 1 rings (SSSR count). The molecule has 3 heteroatoms. The molecular formula is C13H17ClO2. The minimum Gasteiger partial charge on any atom is -0.466 e. The molecule has 0 aromatic heterocycles. The lowest BCUT2D eigenvalue weighted by Gasteiger charge is -2.10. The van der Waals surface area contributed by atoms with Gasteiger partial charge in [0.05, 0.1) is 6.61 Å². The normalized spacial score (nSPS) is 12.2. The van der Waals surface area contributed by atoms with Crippen molar-refractivity contribution in [2.75, 3.05) is 6.61 Å². The highest BCUT2D eigenvalue weighted by atomic mass is 35.5. The van der Waals surface area contributed by atoms with Gasteiger partial charge in [-0.2, -0.15) is 0 Å². The maximum Gasteiger partial charge on any atom is 0.306 e. The molecule has 0 radical (unpaired) electrons. The average Bonchev–Trinajstić information content (AvgIpc) is 2.17. The smallest absolute Gasteiger partial charge is 0.306 e. The van der Waals surface area contributed by atoms with Crippen LogP contribution in [0.25, 0.3) is 0 Å². The molecule has 1 aromatic carbocycles. The molecule has 0 amide bonds. The van der Waals surface area contributed by atoms with Crippen LogP contribution in [0.1, 0.15) is 25.8 Å². The Morgan fingerprint density at radius 3 is 2.88 bits per heavy atom. The molecule has 0 bridgehead atoms. The summed E-state index contributed by atoms with van der Waals surface area (Å²) in [5.74, 6) is 0.148. The van der Waals surface area contributed by atoms with Crippen molar-refractivity contribution in [1.82, 2.24) is 0 Å². The summed E-state index contributed by atoms with van der Waals surface area (Å²) < 4.78 is 4.91. The average molecular weight is 241 g/mol. The van der Waals surface area contributed by atoms with E-state index in [1.807, 2.05) is 38.1 Å². The van der Waals surface area contributed by atoms with Gasteiger partial charge >= 0.3 is 5.97 Å². The van der Waals surface area contributed by atoms with Crippen molar-refractivity contribution < 1.29 is 9.53 Å². The molecule has 88 valence electrons. The molecule has 0 heterocycles. The molecule has 0 saturated heterocycles. The second-order valence-electron chi connectivity index (χ2n) is 3.95. The lowest BCUT2D eigenvalue weighted by molar-refractivity contribution is -0.144. The number of hydrogen-bond acceptors (Lipinski definition) is 2. The maximum atomic E-state index is 11.3. The van der Waals surface area contributed by atoms with E-state index in [2.05, 4.69) is 0 Å². The van der Waals surface area contributed by atoms with Crippen molar-refractivity contribution in [3.8, 4) is 0 Å². The molecule has 0 aliphatic rings. The van der Waals surface area contributed by atoms with E-state index in [0.717, 1.165) is 17.0 Å². The zero-order chi connectivity index (χ0) is 12.0. The van der Waals surface area contributed by atoms with Crippen molar-refractivity contribution >= 4 is 17.6 Å². The van der Waals surface area contributed by atoms with E-state index in [1.54, 1.807) is 0 Å². The van der Waals surface area contributed by atoms with Crippen molar-refractivity contribution in [3.63, 3.8) is 0 Å². The molecular weight excluding hydrogens is 224 g/mol. The van der Waals surface area contributed by atoms with Crippen LogP contribution in [0.3, 0.4) is 0 Å². The van der Waals surface area contributed by atoms with Crippen molar-refractivity contribution in [1.29, 1.82) is 0 Å². The number of esters is 1. The first-order chi connectivity index (χ1) is 7.61. The Kier molecular flexibility index (Phi) is 5.33. The highest BCUT2D eigenvalue weighted by Crippen LogP contribution is 2.16. The van der Waals surface area contributed by atoms with Crippen LogP contribution in [0.2, 0.25) is 5.02 Å². The highest BCUT2D eigenvalue weighted by molar-refractivity contribution is 6.30. The molecule has 16 heavy (non-hydrogen) atoms. The Morgan fingerprint density at radius 1 is 1.50 bits per heavy atom. The Labute approximate surface area is 102 Å². The minimum absolute atomic E-state index is 0.128. The van der Waals surface area contributed by atoms with Crippen molar-refractivity contribution in [3.05, 3.63) is 34.9 Å². The molecule has 2 nitrogen and oxygen atoms in total. The molecule has 0 aliphatic carbocycles. The van der Waals surface area contributed by atoms with Gasteiger partial charge in [-0.3, -0.25) is 4.79 Å². The summed E-state index contributed by atoms with van der Waals surface area (Å²) in [6.45, 7) is 4.31. The fraction of sp³-hybridized carbons (Fsp3) is 0.462. The van der Waals surface area contributed by atoms with E-state index in [-0.39, 0.29) is 11.9 Å². The summed E-state index contributed by atoms with van der Waals surface area (Å²) in [6.07, 6.45) is 1.31. The Balaban J connectivity index is 2.45. The van der Waals surface area contributed by atoms with Crippen LogP contribution in [-0.4, -0.2) is 12.6 Å². The van der Waals surface area contributed by atoms with Crippen LogP contribution in [0.4, 0.5) is 0 Å². The van der Waals surface area contributed by atoms with Crippen LogP contribution in [0.5, 0.6) is 0 Å². The quantitative estimate of drug-likeness (QED) is 0.737. The second kappa shape index (κ2) is 6.54. The molecule has 0 aliphatic heterocycles. The number of ether oxygens (including phenoxy) is 1. The first kappa shape index (κ1) is 13.0. The van der Waals surface area contributed by atoms with Gasteiger partial charge in [0.25, 0.3) is 0 Å². The van der Waals surface area contributed by atoms with Crippen LogP contribution >= 0.6 is 11.6 Å². The number of halogens is 1. The topological polar surface area (TPSA) is 26.3 Å². The summed E-state index contributed by atoms with van der Waals surface area (Å²) >= 11 is 5.89. The van der Waals surface area contributed by atoms with Crippen LogP contribution < -0.4 is 0 Å². The lowest BCUT2D eigenvalue weighted by atomic mass is 9.98. The molecule has 1 aromatic rings. The largest absolute Gasteiger partial charge is 0.466 e. The number of rotatable bonds is 5. The third kappa shape index (κ3) is 4.67. The highest BCUT2D eigenvalue weighted by Gasteiger charge is 2.10. The number of benzene rings is 1. The molecule has 0 N–H and O–H groups in total. The van der Waals surface area contributed by atoms with Gasteiger partial charge in [0, 0.05) is 11.4 Å². The summed E-state index contributed by atoms with van der Waals surface area (Å²) in [6, 6.07) is 7.73. The predicted molar refractivity (Wildman–Crippen MR) is 65.6 cm³/mol. The summed E-state index contributed by atoms with van der Waals surface area (Å²) in [5, 5.41) is 0.737. The lowest BCUT2D eigenvalue weighted by Crippen LogP contribution is -2.11.